The van der Waals surface area contributed by atoms with E-state index in [2.05, 4.69) is 4.98 Å². The van der Waals surface area contributed by atoms with Crippen LogP contribution in [-0.2, 0) is 9.84 Å². The molecule has 1 atom stereocenters. The SMILES string of the molecule is CCN(C(=O)c1nc(-c2ccccc2)sc1C)C1CCS(=O)(=O)C1. The van der Waals surface area contributed by atoms with Crippen LogP contribution in [-0.4, -0.2) is 48.3 Å². The number of rotatable bonds is 4. The summed E-state index contributed by atoms with van der Waals surface area (Å²) in [4.78, 5) is 20.0. The molecule has 1 aromatic heterocycles. The number of aromatic nitrogens is 1. The van der Waals surface area contributed by atoms with Gasteiger partial charge in [-0.1, -0.05) is 30.3 Å². The molecule has 1 saturated heterocycles. The predicted molar refractivity (Wildman–Crippen MR) is 96.1 cm³/mol. The van der Waals surface area contributed by atoms with Gasteiger partial charge in [0.15, 0.2) is 9.84 Å². The molecule has 0 radical (unpaired) electrons. The summed E-state index contributed by atoms with van der Waals surface area (Å²) in [6.45, 7) is 4.25. The average Bonchev–Trinajstić information content (AvgIpc) is 3.11. The van der Waals surface area contributed by atoms with Gasteiger partial charge < -0.3 is 4.90 Å². The van der Waals surface area contributed by atoms with E-state index in [-0.39, 0.29) is 23.5 Å². The predicted octanol–water partition coefficient (Wildman–Crippen LogP) is 2.77. The number of nitrogens with zero attached hydrogens (tertiary/aromatic N) is 2. The Labute approximate surface area is 146 Å². The zero-order valence-corrected chi connectivity index (χ0v) is 15.4. The van der Waals surface area contributed by atoms with Gasteiger partial charge in [0.2, 0.25) is 0 Å². The van der Waals surface area contributed by atoms with Crippen LogP contribution < -0.4 is 0 Å². The van der Waals surface area contributed by atoms with Crippen LogP contribution in [0.25, 0.3) is 10.6 Å². The fourth-order valence-corrected chi connectivity index (χ4v) is 5.67. The van der Waals surface area contributed by atoms with E-state index in [1.807, 2.05) is 44.2 Å². The number of hydrogen-bond acceptors (Lipinski definition) is 5. The lowest BCUT2D eigenvalue weighted by molar-refractivity contribution is 0.0702. The summed E-state index contributed by atoms with van der Waals surface area (Å²) in [6, 6.07) is 9.51. The third-order valence-electron chi connectivity index (χ3n) is 4.27. The van der Waals surface area contributed by atoms with Gasteiger partial charge in [-0.2, -0.15) is 0 Å². The summed E-state index contributed by atoms with van der Waals surface area (Å²) >= 11 is 1.49. The van der Waals surface area contributed by atoms with E-state index in [4.69, 9.17) is 0 Å². The van der Waals surface area contributed by atoms with Gasteiger partial charge in [0, 0.05) is 23.0 Å². The Morgan fingerprint density at radius 3 is 2.62 bits per heavy atom. The van der Waals surface area contributed by atoms with Crippen molar-refractivity contribution in [1.29, 1.82) is 0 Å². The molecule has 0 N–H and O–H groups in total. The second-order valence-corrected chi connectivity index (χ2v) is 9.37. The van der Waals surface area contributed by atoms with Crippen LogP contribution >= 0.6 is 11.3 Å². The van der Waals surface area contributed by atoms with Gasteiger partial charge in [-0.25, -0.2) is 13.4 Å². The Hall–Kier alpha value is -1.73. The number of carbonyl (C=O) groups is 1. The van der Waals surface area contributed by atoms with E-state index in [1.54, 1.807) is 4.90 Å². The molecule has 1 aliphatic heterocycles. The van der Waals surface area contributed by atoms with Crippen LogP contribution in [0.4, 0.5) is 0 Å². The van der Waals surface area contributed by atoms with E-state index < -0.39 is 9.84 Å². The Bertz CT molecular complexity index is 844. The zero-order chi connectivity index (χ0) is 17.3. The van der Waals surface area contributed by atoms with Crippen LogP contribution in [0, 0.1) is 6.92 Å². The molecule has 2 aromatic rings. The molecule has 1 aliphatic rings. The van der Waals surface area contributed by atoms with Gasteiger partial charge in [0.1, 0.15) is 10.7 Å². The normalized spacial score (nSPS) is 19.3. The second-order valence-electron chi connectivity index (χ2n) is 5.94. The van der Waals surface area contributed by atoms with Crippen LogP contribution in [0.5, 0.6) is 0 Å². The first-order valence-corrected chi connectivity index (χ1v) is 10.6. The van der Waals surface area contributed by atoms with Crippen LogP contribution in [0.3, 0.4) is 0 Å². The molecule has 1 aromatic carbocycles. The van der Waals surface area contributed by atoms with E-state index >= 15 is 0 Å². The fraction of sp³-hybridized carbons (Fsp3) is 0.412. The summed E-state index contributed by atoms with van der Waals surface area (Å²) in [6.07, 6.45) is 0.511. The van der Waals surface area contributed by atoms with E-state index in [0.29, 0.717) is 18.7 Å². The minimum absolute atomic E-state index is 0.0569. The molecule has 24 heavy (non-hydrogen) atoms. The van der Waals surface area contributed by atoms with Crippen molar-refractivity contribution >= 4 is 27.1 Å². The van der Waals surface area contributed by atoms with Gasteiger partial charge >= 0.3 is 0 Å². The van der Waals surface area contributed by atoms with Gasteiger partial charge in [-0.15, -0.1) is 11.3 Å². The third-order valence-corrected chi connectivity index (χ3v) is 7.04. The van der Waals surface area contributed by atoms with Crippen LogP contribution in [0.2, 0.25) is 0 Å². The van der Waals surface area contributed by atoms with Crippen LogP contribution in [0.15, 0.2) is 30.3 Å². The topological polar surface area (TPSA) is 67.3 Å². The Balaban J connectivity index is 1.88. The number of benzene rings is 1. The summed E-state index contributed by atoms with van der Waals surface area (Å²) in [5.41, 5.74) is 1.42. The second kappa shape index (κ2) is 6.64. The van der Waals surface area contributed by atoms with Crippen LogP contribution in [0.1, 0.15) is 28.7 Å². The maximum absolute atomic E-state index is 12.9. The number of thiazole rings is 1. The minimum Gasteiger partial charge on any atom is -0.334 e. The van der Waals surface area contributed by atoms with Crippen molar-refractivity contribution in [2.45, 2.75) is 26.3 Å². The molecule has 1 unspecified atom stereocenters. The molecule has 128 valence electrons. The minimum atomic E-state index is -3.03. The molecule has 0 bridgehead atoms. The van der Waals surface area contributed by atoms with Crippen molar-refractivity contribution in [1.82, 2.24) is 9.88 Å². The molecular weight excluding hydrogens is 344 g/mol. The maximum Gasteiger partial charge on any atom is 0.273 e. The summed E-state index contributed by atoms with van der Waals surface area (Å²) in [5.74, 6) is 0.0455. The largest absolute Gasteiger partial charge is 0.334 e. The van der Waals surface area contributed by atoms with Crippen molar-refractivity contribution < 1.29 is 13.2 Å². The standard InChI is InChI=1S/C17H20N2O3S2/c1-3-19(14-9-10-24(21,22)11-14)17(20)15-12(2)23-16(18-15)13-7-5-4-6-8-13/h4-8,14H,3,9-11H2,1-2H3. The molecule has 0 saturated carbocycles. The van der Waals surface area contributed by atoms with Crippen molar-refractivity contribution in [3.63, 3.8) is 0 Å². The number of amides is 1. The number of carbonyl (C=O) groups excluding carboxylic acids is 1. The lowest BCUT2D eigenvalue weighted by atomic mass is 10.2. The van der Waals surface area contributed by atoms with Crippen molar-refractivity contribution in [3.8, 4) is 10.6 Å². The molecule has 7 heteroatoms. The molecule has 0 spiro atoms. The number of sulfone groups is 1. The van der Waals surface area contributed by atoms with Gasteiger partial charge in [-0.3, -0.25) is 4.79 Å². The van der Waals surface area contributed by atoms with E-state index in [0.717, 1.165) is 15.4 Å². The highest BCUT2D eigenvalue weighted by molar-refractivity contribution is 7.91. The Morgan fingerprint density at radius 2 is 2.04 bits per heavy atom. The monoisotopic (exact) mass is 364 g/mol. The van der Waals surface area contributed by atoms with Crippen molar-refractivity contribution in [2.24, 2.45) is 0 Å². The van der Waals surface area contributed by atoms with Gasteiger partial charge in [-0.05, 0) is 20.3 Å². The highest BCUT2D eigenvalue weighted by Gasteiger charge is 2.35. The lowest BCUT2D eigenvalue weighted by Gasteiger charge is -2.26. The molecule has 3 rings (SSSR count). The summed E-state index contributed by atoms with van der Waals surface area (Å²) in [7, 11) is -3.03. The first-order valence-electron chi connectivity index (χ1n) is 7.95. The highest BCUT2D eigenvalue weighted by Crippen LogP contribution is 2.29. The number of hydrogen-bond donors (Lipinski definition) is 0. The first-order chi connectivity index (χ1) is 11.4. The zero-order valence-electron chi connectivity index (χ0n) is 13.7. The molecular formula is C17H20N2O3S2. The molecule has 1 amide bonds. The molecule has 0 aliphatic carbocycles. The highest BCUT2D eigenvalue weighted by atomic mass is 32.2. The smallest absolute Gasteiger partial charge is 0.273 e. The van der Waals surface area contributed by atoms with Crippen molar-refractivity contribution in [2.75, 3.05) is 18.1 Å². The number of aryl methyl sites for hydroxylation is 1. The fourth-order valence-electron chi connectivity index (χ4n) is 3.02. The molecule has 5 nitrogen and oxygen atoms in total. The molecule has 1 fully saturated rings. The van der Waals surface area contributed by atoms with Gasteiger partial charge in [0.25, 0.3) is 5.91 Å². The van der Waals surface area contributed by atoms with Gasteiger partial charge in [0.05, 0.1) is 11.5 Å². The summed E-state index contributed by atoms with van der Waals surface area (Å²) < 4.78 is 23.4. The first kappa shape index (κ1) is 17.1. The van der Waals surface area contributed by atoms with Crippen molar-refractivity contribution in [3.05, 3.63) is 40.9 Å². The maximum atomic E-state index is 12.9. The summed E-state index contributed by atoms with van der Waals surface area (Å²) in [5, 5.41) is 0.812. The third kappa shape index (κ3) is 3.37. The Morgan fingerprint density at radius 1 is 1.33 bits per heavy atom. The molecule has 2 heterocycles. The quantitative estimate of drug-likeness (QED) is 0.837. The Kier molecular flexibility index (Phi) is 4.73. The lowest BCUT2D eigenvalue weighted by Crippen LogP contribution is -2.41. The van der Waals surface area contributed by atoms with E-state index in [9.17, 15) is 13.2 Å². The van der Waals surface area contributed by atoms with E-state index in [1.165, 1.54) is 11.3 Å². The average molecular weight is 364 g/mol.